The number of hydrogen-bond donors (Lipinski definition) is 0. The minimum absolute atomic E-state index is 0.216. The first kappa shape index (κ1) is 15.3. The molecule has 6 heteroatoms. The van der Waals surface area contributed by atoms with E-state index in [0.717, 1.165) is 11.3 Å². The molecule has 0 spiro atoms. The van der Waals surface area contributed by atoms with Crippen molar-refractivity contribution in [2.24, 2.45) is 0 Å². The molecule has 0 atom stereocenters. The van der Waals surface area contributed by atoms with E-state index >= 15 is 0 Å². The lowest BCUT2D eigenvalue weighted by Gasteiger charge is -2.02. The van der Waals surface area contributed by atoms with Crippen LogP contribution in [0.15, 0.2) is 24.3 Å². The number of carbonyl (C=O) groups excluding carboxylic acids is 1. The monoisotopic (exact) mass is 307 g/mol. The van der Waals surface area contributed by atoms with Crippen LogP contribution in [-0.2, 0) is 4.74 Å². The maximum Gasteiger partial charge on any atom is 0.361 e. The lowest BCUT2D eigenvalue weighted by atomic mass is 10.2. The Morgan fingerprint density at radius 3 is 2.48 bits per heavy atom. The van der Waals surface area contributed by atoms with E-state index in [1.165, 1.54) is 18.4 Å². The fraction of sp³-hybridized carbons (Fsp3) is 0.333. The second kappa shape index (κ2) is 7.08. The molecule has 2 rings (SSSR count). The zero-order valence-electron chi connectivity index (χ0n) is 12.2. The normalized spacial score (nSPS) is 10.2. The third kappa shape index (κ3) is 3.52. The van der Waals surface area contributed by atoms with Gasteiger partial charge in [0.05, 0.1) is 20.3 Å². The second-order valence-electron chi connectivity index (χ2n) is 4.04. The first-order chi connectivity index (χ1) is 10.2. The number of thiazole rings is 1. The minimum Gasteiger partial charge on any atom is -0.494 e. The number of aromatic nitrogens is 1. The number of methoxy groups -OCH3 is 1. The van der Waals surface area contributed by atoms with Crippen LogP contribution in [0.5, 0.6) is 10.8 Å². The van der Waals surface area contributed by atoms with E-state index in [2.05, 4.69) is 4.98 Å². The number of esters is 1. The molecule has 0 saturated carbocycles. The molecule has 21 heavy (non-hydrogen) atoms. The van der Waals surface area contributed by atoms with Gasteiger partial charge in [-0.2, -0.15) is 0 Å². The van der Waals surface area contributed by atoms with Gasteiger partial charge in [-0.3, -0.25) is 0 Å². The third-order valence-corrected chi connectivity index (χ3v) is 3.73. The molecule has 1 aromatic carbocycles. The second-order valence-corrected chi connectivity index (χ2v) is 5.00. The van der Waals surface area contributed by atoms with E-state index in [-0.39, 0.29) is 5.69 Å². The van der Waals surface area contributed by atoms with Gasteiger partial charge in [-0.15, -0.1) is 0 Å². The highest BCUT2D eigenvalue weighted by Gasteiger charge is 2.20. The number of carbonyl (C=O) groups is 1. The van der Waals surface area contributed by atoms with Crippen LogP contribution < -0.4 is 9.47 Å². The van der Waals surface area contributed by atoms with Crippen molar-refractivity contribution >= 4 is 17.3 Å². The van der Waals surface area contributed by atoms with Gasteiger partial charge >= 0.3 is 5.97 Å². The standard InChI is InChI=1S/C15H17NO4S/c1-4-19-11-8-6-10(7-9-11)13-16-12(14(17)20-5-2)15(18-3)21-13/h6-9H,4-5H2,1-3H3. The van der Waals surface area contributed by atoms with Gasteiger partial charge in [0, 0.05) is 5.56 Å². The average Bonchev–Trinajstić information content (AvgIpc) is 2.93. The molecule has 2 aromatic rings. The van der Waals surface area contributed by atoms with Gasteiger partial charge in [-0.05, 0) is 38.1 Å². The van der Waals surface area contributed by atoms with Gasteiger partial charge in [-0.25, -0.2) is 9.78 Å². The highest BCUT2D eigenvalue weighted by Crippen LogP contribution is 2.34. The number of benzene rings is 1. The molecule has 0 fully saturated rings. The van der Waals surface area contributed by atoms with Crippen LogP contribution >= 0.6 is 11.3 Å². The first-order valence-corrected chi connectivity index (χ1v) is 7.46. The summed E-state index contributed by atoms with van der Waals surface area (Å²) in [6.07, 6.45) is 0. The van der Waals surface area contributed by atoms with Crippen molar-refractivity contribution in [1.82, 2.24) is 4.98 Å². The lowest BCUT2D eigenvalue weighted by Crippen LogP contribution is -2.06. The van der Waals surface area contributed by atoms with E-state index < -0.39 is 5.97 Å². The fourth-order valence-corrected chi connectivity index (χ4v) is 2.63. The molecule has 112 valence electrons. The van der Waals surface area contributed by atoms with E-state index in [9.17, 15) is 4.79 Å². The maximum absolute atomic E-state index is 11.8. The quantitative estimate of drug-likeness (QED) is 0.766. The summed E-state index contributed by atoms with van der Waals surface area (Å²) in [7, 11) is 1.51. The Morgan fingerprint density at radius 1 is 1.19 bits per heavy atom. The largest absolute Gasteiger partial charge is 0.494 e. The van der Waals surface area contributed by atoms with E-state index in [1.807, 2.05) is 31.2 Å². The highest BCUT2D eigenvalue weighted by atomic mass is 32.1. The Hall–Kier alpha value is -2.08. The zero-order valence-corrected chi connectivity index (χ0v) is 13.0. The Balaban J connectivity index is 2.29. The molecule has 0 aliphatic heterocycles. The Kier molecular flexibility index (Phi) is 5.16. The maximum atomic E-state index is 11.8. The first-order valence-electron chi connectivity index (χ1n) is 6.64. The van der Waals surface area contributed by atoms with Crippen molar-refractivity contribution < 1.29 is 19.0 Å². The summed E-state index contributed by atoms with van der Waals surface area (Å²) in [4.78, 5) is 16.2. The van der Waals surface area contributed by atoms with Crippen molar-refractivity contribution in [3.63, 3.8) is 0 Å². The average molecular weight is 307 g/mol. The number of hydrogen-bond acceptors (Lipinski definition) is 6. The zero-order chi connectivity index (χ0) is 15.2. The molecule has 0 N–H and O–H groups in total. The molecule has 1 aromatic heterocycles. The minimum atomic E-state index is -0.470. The molecule has 0 bridgehead atoms. The van der Waals surface area contributed by atoms with Crippen LogP contribution in [0.25, 0.3) is 10.6 Å². The van der Waals surface area contributed by atoms with Gasteiger partial charge in [-0.1, -0.05) is 11.3 Å². The number of rotatable bonds is 6. The SMILES string of the molecule is CCOC(=O)c1nc(-c2ccc(OCC)cc2)sc1OC. The molecule has 0 aliphatic carbocycles. The topological polar surface area (TPSA) is 57.7 Å². The fourth-order valence-electron chi connectivity index (χ4n) is 1.76. The van der Waals surface area contributed by atoms with Gasteiger partial charge in [0.1, 0.15) is 10.8 Å². The summed E-state index contributed by atoms with van der Waals surface area (Å²) < 4.78 is 15.6. The van der Waals surface area contributed by atoms with E-state index in [0.29, 0.717) is 23.3 Å². The van der Waals surface area contributed by atoms with Gasteiger partial charge in [0.15, 0.2) is 0 Å². The summed E-state index contributed by atoms with van der Waals surface area (Å²) in [6.45, 7) is 4.62. The highest BCUT2D eigenvalue weighted by molar-refractivity contribution is 7.17. The van der Waals surface area contributed by atoms with E-state index in [1.54, 1.807) is 6.92 Å². The molecule has 0 saturated heterocycles. The molecular weight excluding hydrogens is 290 g/mol. The molecule has 1 heterocycles. The van der Waals surface area contributed by atoms with Crippen LogP contribution in [0.4, 0.5) is 0 Å². The summed E-state index contributed by atoms with van der Waals surface area (Å²) >= 11 is 1.31. The van der Waals surface area contributed by atoms with Crippen molar-refractivity contribution in [1.29, 1.82) is 0 Å². The van der Waals surface area contributed by atoms with Crippen molar-refractivity contribution in [2.45, 2.75) is 13.8 Å². The van der Waals surface area contributed by atoms with Gasteiger partial charge in [0.2, 0.25) is 10.8 Å². The van der Waals surface area contributed by atoms with E-state index in [4.69, 9.17) is 14.2 Å². The Bertz CT molecular complexity index is 607. The lowest BCUT2D eigenvalue weighted by molar-refractivity contribution is 0.0517. The van der Waals surface area contributed by atoms with Crippen LogP contribution in [0.2, 0.25) is 0 Å². The molecule has 0 radical (unpaired) electrons. The molecular formula is C15H17NO4S. The van der Waals surface area contributed by atoms with Crippen molar-refractivity contribution in [2.75, 3.05) is 20.3 Å². The van der Waals surface area contributed by atoms with Crippen LogP contribution in [0.3, 0.4) is 0 Å². The molecule has 0 amide bonds. The molecule has 0 aliphatic rings. The summed E-state index contributed by atoms with van der Waals surface area (Å²) in [6, 6.07) is 7.55. The van der Waals surface area contributed by atoms with Gasteiger partial charge in [0.25, 0.3) is 0 Å². The van der Waals surface area contributed by atoms with Crippen LogP contribution in [0.1, 0.15) is 24.3 Å². The number of ether oxygens (including phenoxy) is 3. The van der Waals surface area contributed by atoms with Crippen molar-refractivity contribution in [3.8, 4) is 21.4 Å². The van der Waals surface area contributed by atoms with Crippen LogP contribution in [-0.4, -0.2) is 31.3 Å². The molecule has 0 unspecified atom stereocenters. The summed E-state index contributed by atoms with van der Waals surface area (Å²) in [5.41, 5.74) is 1.12. The molecule has 5 nitrogen and oxygen atoms in total. The summed E-state index contributed by atoms with van der Waals surface area (Å²) in [5, 5.41) is 1.16. The smallest absolute Gasteiger partial charge is 0.361 e. The van der Waals surface area contributed by atoms with Gasteiger partial charge < -0.3 is 14.2 Å². The van der Waals surface area contributed by atoms with Crippen molar-refractivity contribution in [3.05, 3.63) is 30.0 Å². The Morgan fingerprint density at radius 2 is 1.90 bits per heavy atom. The third-order valence-electron chi connectivity index (χ3n) is 2.66. The Labute approximate surface area is 127 Å². The van der Waals surface area contributed by atoms with Crippen LogP contribution in [0, 0.1) is 0 Å². The predicted molar refractivity (Wildman–Crippen MR) is 81.2 cm³/mol. The number of nitrogens with zero attached hydrogens (tertiary/aromatic N) is 1. The predicted octanol–water partition coefficient (Wildman–Crippen LogP) is 3.39. The summed E-state index contributed by atoms with van der Waals surface area (Å²) in [5.74, 6) is 0.332.